The van der Waals surface area contributed by atoms with E-state index in [0.29, 0.717) is 25.7 Å². The Labute approximate surface area is 157 Å². The quantitative estimate of drug-likeness (QED) is 0.423. The number of carbonyl (C=O) groups excluding carboxylic acids is 2. The van der Waals surface area contributed by atoms with Crippen LogP contribution in [0.1, 0.15) is 93.4 Å². The lowest BCUT2D eigenvalue weighted by Crippen LogP contribution is -2.62. The van der Waals surface area contributed by atoms with Crippen LogP contribution in [0.4, 0.5) is 0 Å². The van der Waals surface area contributed by atoms with Crippen LogP contribution in [0, 0.1) is 10.8 Å². The highest BCUT2D eigenvalue weighted by Crippen LogP contribution is 2.47. The minimum atomic E-state index is -1.18. The van der Waals surface area contributed by atoms with Gasteiger partial charge >= 0.3 is 11.9 Å². The average molecular weight is 373 g/mol. The Morgan fingerprint density at radius 1 is 1.04 bits per heavy atom. The maximum absolute atomic E-state index is 12.9. The van der Waals surface area contributed by atoms with Crippen molar-refractivity contribution in [2.75, 3.05) is 0 Å². The molecule has 0 spiro atoms. The van der Waals surface area contributed by atoms with Gasteiger partial charge < -0.3 is 0 Å². The molecule has 6 nitrogen and oxygen atoms in total. The molecule has 3 unspecified atom stereocenters. The first kappa shape index (κ1) is 22.9. The first-order valence-corrected chi connectivity index (χ1v) is 9.93. The van der Waals surface area contributed by atoms with Crippen LogP contribution < -0.4 is 0 Å². The largest absolute Gasteiger partial charge is 0.393 e. The van der Waals surface area contributed by atoms with E-state index in [9.17, 15) is 9.59 Å². The lowest BCUT2D eigenvalue weighted by Gasteiger charge is -2.44. The van der Waals surface area contributed by atoms with Crippen molar-refractivity contribution in [3.8, 4) is 0 Å². The molecule has 0 aromatic rings. The molecule has 1 aliphatic rings. The zero-order valence-electron chi connectivity index (χ0n) is 17.5. The summed E-state index contributed by atoms with van der Waals surface area (Å²) in [6.45, 7) is 13.9. The molecule has 152 valence electrons. The highest BCUT2D eigenvalue weighted by atomic mass is 17.3. The molecular weight excluding hydrogens is 336 g/mol. The first-order valence-electron chi connectivity index (χ1n) is 9.93. The monoisotopic (exact) mass is 372 g/mol. The first-order chi connectivity index (χ1) is 12.1. The molecule has 6 heteroatoms. The fraction of sp³-hybridized carbons (Fsp3) is 0.900. The topological polar surface area (TPSA) is 71.1 Å². The van der Waals surface area contributed by atoms with Gasteiger partial charge in [-0.25, -0.2) is 29.1 Å². The van der Waals surface area contributed by atoms with Gasteiger partial charge in [0.1, 0.15) is 6.10 Å². The summed E-state index contributed by atoms with van der Waals surface area (Å²) in [5.74, 6) is -1.19. The smallest absolute Gasteiger partial charge is 0.247 e. The minimum Gasteiger partial charge on any atom is -0.247 e. The molecular formula is C20H36O6. The zero-order valence-corrected chi connectivity index (χ0v) is 17.5. The molecule has 26 heavy (non-hydrogen) atoms. The molecule has 0 radical (unpaired) electrons. The van der Waals surface area contributed by atoms with Crippen molar-refractivity contribution in [2.45, 2.75) is 105 Å². The minimum absolute atomic E-state index is 0.316. The summed E-state index contributed by atoms with van der Waals surface area (Å²) in [7, 11) is 0. The van der Waals surface area contributed by atoms with Crippen LogP contribution in [-0.4, -0.2) is 23.6 Å². The standard InChI is InChI=1S/C20H36O6/c1-8-12-14-19(10-3,18(5,6)7)16(21)24-25-17(22)20(11-4)15(13-9-2)23-26-20/h15H,8-14H2,1-7H3. The Kier molecular flexibility index (Phi) is 8.08. The van der Waals surface area contributed by atoms with Crippen LogP contribution in [0.25, 0.3) is 0 Å². The zero-order chi connectivity index (χ0) is 20.0. The van der Waals surface area contributed by atoms with Gasteiger partial charge in [-0.3, -0.25) is 0 Å². The van der Waals surface area contributed by atoms with Crippen LogP contribution in [-0.2, 0) is 29.1 Å². The van der Waals surface area contributed by atoms with Crippen LogP contribution >= 0.6 is 0 Å². The molecule has 0 aromatic carbocycles. The lowest BCUT2D eigenvalue weighted by molar-refractivity contribution is -0.502. The maximum atomic E-state index is 12.9. The summed E-state index contributed by atoms with van der Waals surface area (Å²) in [5, 5.41) is 0. The SMILES string of the molecule is CCCCC(CC)(C(=O)OOC(=O)C1(CC)OOC1CCC)C(C)(C)C. The predicted octanol–water partition coefficient (Wildman–Crippen LogP) is 4.90. The molecule has 0 saturated carbocycles. The van der Waals surface area contributed by atoms with E-state index in [1.807, 2.05) is 41.5 Å². The van der Waals surface area contributed by atoms with Gasteiger partial charge in [-0.1, -0.05) is 67.7 Å². The van der Waals surface area contributed by atoms with Gasteiger partial charge in [0.2, 0.25) is 5.60 Å². The highest BCUT2D eigenvalue weighted by Gasteiger charge is 2.59. The van der Waals surface area contributed by atoms with Crippen molar-refractivity contribution in [1.29, 1.82) is 0 Å². The molecule has 0 bridgehead atoms. The molecule has 1 heterocycles. The molecule has 1 aliphatic heterocycles. The second kappa shape index (κ2) is 9.18. The van der Waals surface area contributed by atoms with E-state index in [0.717, 1.165) is 19.3 Å². The van der Waals surface area contributed by atoms with E-state index in [1.54, 1.807) is 0 Å². The van der Waals surface area contributed by atoms with Gasteiger partial charge in [0, 0.05) is 0 Å². The van der Waals surface area contributed by atoms with Gasteiger partial charge in [-0.2, -0.15) is 0 Å². The van der Waals surface area contributed by atoms with Gasteiger partial charge in [0.25, 0.3) is 0 Å². The third-order valence-corrected chi connectivity index (χ3v) is 5.83. The molecule has 1 fully saturated rings. The third kappa shape index (κ3) is 4.22. The molecule has 0 aromatic heterocycles. The van der Waals surface area contributed by atoms with Crippen LogP contribution in [0.2, 0.25) is 0 Å². The molecule has 1 saturated heterocycles. The van der Waals surface area contributed by atoms with Crippen molar-refractivity contribution >= 4 is 11.9 Å². The second-order valence-corrected chi connectivity index (χ2v) is 8.23. The molecule has 0 N–H and O–H groups in total. The molecule has 3 atom stereocenters. The van der Waals surface area contributed by atoms with E-state index in [4.69, 9.17) is 19.6 Å². The van der Waals surface area contributed by atoms with Gasteiger partial charge in [0.15, 0.2) is 0 Å². The van der Waals surface area contributed by atoms with E-state index < -0.39 is 23.0 Å². The van der Waals surface area contributed by atoms with E-state index in [2.05, 4.69) is 6.92 Å². The summed E-state index contributed by atoms with van der Waals surface area (Å²) in [4.78, 5) is 45.7. The Hall–Kier alpha value is -1.14. The summed E-state index contributed by atoms with van der Waals surface area (Å²) in [5.41, 5.74) is -2.21. The number of hydrogen-bond acceptors (Lipinski definition) is 6. The van der Waals surface area contributed by atoms with Crippen molar-refractivity contribution in [3.05, 3.63) is 0 Å². The second-order valence-electron chi connectivity index (χ2n) is 8.23. The predicted molar refractivity (Wildman–Crippen MR) is 97.8 cm³/mol. The van der Waals surface area contributed by atoms with Crippen molar-refractivity contribution in [1.82, 2.24) is 0 Å². The van der Waals surface area contributed by atoms with Crippen LogP contribution in [0.15, 0.2) is 0 Å². The van der Waals surface area contributed by atoms with E-state index in [-0.39, 0.29) is 11.5 Å². The molecule has 0 amide bonds. The van der Waals surface area contributed by atoms with Crippen molar-refractivity contribution in [3.63, 3.8) is 0 Å². The van der Waals surface area contributed by atoms with Gasteiger partial charge in [-0.05, 0) is 31.1 Å². The number of rotatable bonds is 9. The maximum Gasteiger partial charge on any atom is 0.393 e. The highest BCUT2D eigenvalue weighted by molar-refractivity contribution is 5.83. The summed E-state index contributed by atoms with van der Waals surface area (Å²) in [6.07, 6.45) is 4.73. The average Bonchev–Trinajstić information content (AvgIpc) is 2.57. The fourth-order valence-corrected chi connectivity index (χ4v) is 3.71. The number of hydrogen-bond donors (Lipinski definition) is 0. The normalized spacial score (nSPS) is 25.1. The van der Waals surface area contributed by atoms with E-state index >= 15 is 0 Å². The fourth-order valence-electron chi connectivity index (χ4n) is 3.71. The summed E-state index contributed by atoms with van der Waals surface area (Å²) in [6, 6.07) is 0. The summed E-state index contributed by atoms with van der Waals surface area (Å²) >= 11 is 0. The molecule has 0 aliphatic carbocycles. The van der Waals surface area contributed by atoms with Crippen LogP contribution in [0.3, 0.4) is 0 Å². The number of unbranched alkanes of at least 4 members (excludes halogenated alkanes) is 1. The number of carbonyl (C=O) groups is 2. The van der Waals surface area contributed by atoms with Gasteiger partial charge in [-0.15, -0.1) is 0 Å². The van der Waals surface area contributed by atoms with Crippen molar-refractivity contribution < 1.29 is 29.1 Å². The third-order valence-electron chi connectivity index (χ3n) is 5.83. The van der Waals surface area contributed by atoms with Crippen molar-refractivity contribution in [2.24, 2.45) is 10.8 Å². The Bertz CT molecular complexity index is 479. The van der Waals surface area contributed by atoms with Crippen LogP contribution in [0.5, 0.6) is 0 Å². The van der Waals surface area contributed by atoms with Gasteiger partial charge in [0.05, 0.1) is 5.41 Å². The Morgan fingerprint density at radius 3 is 2.08 bits per heavy atom. The summed E-state index contributed by atoms with van der Waals surface area (Å²) < 4.78 is 0. The van der Waals surface area contributed by atoms with E-state index in [1.165, 1.54) is 0 Å². The Morgan fingerprint density at radius 2 is 1.69 bits per heavy atom. The molecule has 1 rings (SSSR count). The lowest BCUT2D eigenvalue weighted by atomic mass is 9.62. The Balaban J connectivity index is 2.85.